The first-order valence-electron chi connectivity index (χ1n) is 7.91. The van der Waals surface area contributed by atoms with Crippen molar-refractivity contribution in [1.29, 1.82) is 0 Å². The van der Waals surface area contributed by atoms with Gasteiger partial charge in [0.05, 0.1) is 13.2 Å². The van der Waals surface area contributed by atoms with Crippen LogP contribution in [0.25, 0.3) is 0 Å². The first kappa shape index (κ1) is 16.4. The number of ether oxygens (including phenoxy) is 2. The van der Waals surface area contributed by atoms with E-state index in [0.29, 0.717) is 13.2 Å². The third-order valence-electron chi connectivity index (χ3n) is 3.46. The molecule has 22 heavy (non-hydrogen) atoms. The first-order chi connectivity index (χ1) is 10.7. The molecule has 0 aliphatic carbocycles. The summed E-state index contributed by atoms with van der Waals surface area (Å²) in [5, 5.41) is 0. The number of rotatable bonds is 8. The minimum atomic E-state index is 0.0542. The van der Waals surface area contributed by atoms with Gasteiger partial charge in [0.25, 0.3) is 0 Å². The molecule has 0 aliphatic heterocycles. The van der Waals surface area contributed by atoms with Crippen molar-refractivity contribution in [3.05, 3.63) is 59.7 Å². The van der Waals surface area contributed by atoms with E-state index >= 15 is 0 Å². The van der Waals surface area contributed by atoms with Crippen molar-refractivity contribution in [3.8, 4) is 11.5 Å². The van der Waals surface area contributed by atoms with Gasteiger partial charge in [-0.15, -0.1) is 0 Å². The summed E-state index contributed by atoms with van der Waals surface area (Å²) in [5.41, 5.74) is 8.70. The number of nitrogens with two attached hydrogens (primary N) is 1. The summed E-state index contributed by atoms with van der Waals surface area (Å²) in [5.74, 6) is 1.84. The topological polar surface area (TPSA) is 44.5 Å². The lowest BCUT2D eigenvalue weighted by Crippen LogP contribution is -2.25. The molecule has 2 rings (SSSR count). The van der Waals surface area contributed by atoms with Crippen LogP contribution in [0.5, 0.6) is 11.5 Å². The molecule has 0 fully saturated rings. The molecule has 2 aromatic rings. The molecule has 2 N–H and O–H groups in total. The predicted octanol–water partition coefficient (Wildman–Crippen LogP) is 3.60. The second-order valence-corrected chi connectivity index (χ2v) is 5.29. The van der Waals surface area contributed by atoms with Crippen LogP contribution in [-0.2, 0) is 12.8 Å². The fourth-order valence-electron chi connectivity index (χ4n) is 2.56. The number of para-hydroxylation sites is 1. The number of hydrogen-bond donors (Lipinski definition) is 1. The lowest BCUT2D eigenvalue weighted by molar-refractivity contribution is 0.335. The lowest BCUT2D eigenvalue weighted by Gasteiger charge is -2.15. The molecule has 2 aromatic carbocycles. The maximum atomic E-state index is 6.33. The summed E-state index contributed by atoms with van der Waals surface area (Å²) in [6.07, 6.45) is 1.62. The fourth-order valence-corrected chi connectivity index (χ4v) is 2.56. The maximum Gasteiger partial charge on any atom is 0.122 e. The lowest BCUT2D eigenvalue weighted by atomic mass is 9.99. The van der Waals surface area contributed by atoms with Crippen LogP contribution in [0.15, 0.2) is 48.5 Å². The molecule has 1 unspecified atom stereocenters. The van der Waals surface area contributed by atoms with Gasteiger partial charge in [-0.1, -0.05) is 30.3 Å². The number of benzene rings is 2. The molecule has 0 bridgehead atoms. The summed E-state index contributed by atoms with van der Waals surface area (Å²) in [4.78, 5) is 0. The van der Waals surface area contributed by atoms with Crippen LogP contribution >= 0.6 is 0 Å². The van der Waals surface area contributed by atoms with E-state index in [0.717, 1.165) is 29.9 Å². The highest BCUT2D eigenvalue weighted by atomic mass is 16.5. The molecular formula is C19H25NO2. The minimum Gasteiger partial charge on any atom is -0.494 e. The van der Waals surface area contributed by atoms with Gasteiger partial charge in [0.2, 0.25) is 0 Å². The Balaban J connectivity index is 2.01. The van der Waals surface area contributed by atoms with Crippen molar-refractivity contribution in [2.75, 3.05) is 13.2 Å². The molecule has 0 amide bonds. The van der Waals surface area contributed by atoms with Crippen LogP contribution in [-0.4, -0.2) is 19.3 Å². The highest BCUT2D eigenvalue weighted by molar-refractivity contribution is 5.34. The Morgan fingerprint density at radius 3 is 2.45 bits per heavy atom. The van der Waals surface area contributed by atoms with Gasteiger partial charge in [0.1, 0.15) is 11.5 Å². The SMILES string of the molecule is CCOc1cccc(CC(N)Cc2ccccc2OCC)c1. The Hall–Kier alpha value is -2.00. The number of hydrogen-bond acceptors (Lipinski definition) is 3. The zero-order valence-electron chi connectivity index (χ0n) is 13.4. The van der Waals surface area contributed by atoms with E-state index < -0.39 is 0 Å². The maximum absolute atomic E-state index is 6.33. The van der Waals surface area contributed by atoms with Gasteiger partial charge >= 0.3 is 0 Å². The van der Waals surface area contributed by atoms with Crippen LogP contribution in [0.1, 0.15) is 25.0 Å². The zero-order valence-corrected chi connectivity index (χ0v) is 13.4. The fraction of sp³-hybridized carbons (Fsp3) is 0.368. The normalized spacial score (nSPS) is 12.0. The van der Waals surface area contributed by atoms with Crippen LogP contribution < -0.4 is 15.2 Å². The quantitative estimate of drug-likeness (QED) is 0.810. The van der Waals surface area contributed by atoms with E-state index in [2.05, 4.69) is 18.2 Å². The van der Waals surface area contributed by atoms with E-state index in [1.807, 2.05) is 44.2 Å². The molecule has 0 aromatic heterocycles. The molecule has 0 saturated carbocycles. The zero-order chi connectivity index (χ0) is 15.8. The summed E-state index contributed by atoms with van der Waals surface area (Å²) in [6.45, 7) is 5.33. The third-order valence-corrected chi connectivity index (χ3v) is 3.46. The van der Waals surface area contributed by atoms with Crippen molar-refractivity contribution < 1.29 is 9.47 Å². The molecule has 0 heterocycles. The van der Waals surface area contributed by atoms with Crippen molar-refractivity contribution >= 4 is 0 Å². The second kappa shape index (κ2) is 8.44. The van der Waals surface area contributed by atoms with Crippen molar-refractivity contribution in [2.45, 2.75) is 32.7 Å². The van der Waals surface area contributed by atoms with Gasteiger partial charge in [-0.2, -0.15) is 0 Å². The van der Waals surface area contributed by atoms with Gasteiger partial charge in [-0.25, -0.2) is 0 Å². The Bertz CT molecular complexity index is 583. The van der Waals surface area contributed by atoms with Gasteiger partial charge in [0, 0.05) is 6.04 Å². The van der Waals surface area contributed by atoms with Crippen molar-refractivity contribution in [2.24, 2.45) is 5.73 Å². The van der Waals surface area contributed by atoms with Gasteiger partial charge < -0.3 is 15.2 Å². The smallest absolute Gasteiger partial charge is 0.122 e. The van der Waals surface area contributed by atoms with Gasteiger partial charge in [0.15, 0.2) is 0 Å². The van der Waals surface area contributed by atoms with E-state index in [1.165, 1.54) is 5.56 Å². The average Bonchev–Trinajstić information content (AvgIpc) is 2.50. The Labute approximate surface area is 133 Å². The molecule has 0 aliphatic rings. The second-order valence-electron chi connectivity index (χ2n) is 5.29. The molecule has 0 radical (unpaired) electrons. The van der Waals surface area contributed by atoms with Gasteiger partial charge in [-0.3, -0.25) is 0 Å². The summed E-state index contributed by atoms with van der Waals surface area (Å²) >= 11 is 0. The van der Waals surface area contributed by atoms with Crippen LogP contribution in [0.4, 0.5) is 0 Å². The Kier molecular flexibility index (Phi) is 6.28. The summed E-state index contributed by atoms with van der Waals surface area (Å²) < 4.78 is 11.2. The molecule has 3 nitrogen and oxygen atoms in total. The van der Waals surface area contributed by atoms with E-state index in [4.69, 9.17) is 15.2 Å². The summed E-state index contributed by atoms with van der Waals surface area (Å²) in [6, 6.07) is 16.3. The standard InChI is InChI=1S/C19H25NO2/c1-3-21-18-10-7-8-15(13-18)12-17(20)14-16-9-5-6-11-19(16)22-4-2/h5-11,13,17H,3-4,12,14,20H2,1-2H3. The largest absolute Gasteiger partial charge is 0.494 e. The average molecular weight is 299 g/mol. The highest BCUT2D eigenvalue weighted by Gasteiger charge is 2.10. The first-order valence-corrected chi connectivity index (χ1v) is 7.91. The Morgan fingerprint density at radius 2 is 1.68 bits per heavy atom. The molecule has 0 spiro atoms. The summed E-state index contributed by atoms with van der Waals surface area (Å²) in [7, 11) is 0. The van der Waals surface area contributed by atoms with E-state index in [9.17, 15) is 0 Å². The predicted molar refractivity (Wildman–Crippen MR) is 90.6 cm³/mol. The Morgan fingerprint density at radius 1 is 0.909 bits per heavy atom. The molecule has 1 atom stereocenters. The van der Waals surface area contributed by atoms with Crippen molar-refractivity contribution in [3.63, 3.8) is 0 Å². The molecule has 118 valence electrons. The van der Waals surface area contributed by atoms with Crippen LogP contribution in [0.2, 0.25) is 0 Å². The third kappa shape index (κ3) is 4.78. The monoisotopic (exact) mass is 299 g/mol. The molecular weight excluding hydrogens is 274 g/mol. The highest BCUT2D eigenvalue weighted by Crippen LogP contribution is 2.21. The van der Waals surface area contributed by atoms with Crippen LogP contribution in [0, 0.1) is 0 Å². The van der Waals surface area contributed by atoms with E-state index in [-0.39, 0.29) is 6.04 Å². The van der Waals surface area contributed by atoms with Crippen LogP contribution in [0.3, 0.4) is 0 Å². The van der Waals surface area contributed by atoms with Gasteiger partial charge in [-0.05, 0) is 56.0 Å². The minimum absolute atomic E-state index is 0.0542. The molecule has 3 heteroatoms. The molecule has 0 saturated heterocycles. The van der Waals surface area contributed by atoms with Crippen molar-refractivity contribution in [1.82, 2.24) is 0 Å². The van der Waals surface area contributed by atoms with E-state index in [1.54, 1.807) is 0 Å².